The average Bonchev–Trinajstić information content (AvgIpc) is 2.12. The topological polar surface area (TPSA) is 26.3 Å². The molecule has 0 aliphatic carbocycles. The van der Waals surface area contributed by atoms with Crippen LogP contribution in [-0.4, -0.2) is 11.6 Å². The van der Waals surface area contributed by atoms with Crippen LogP contribution in [0.15, 0.2) is 18.2 Å². The number of rotatable bonds is 2. The lowest BCUT2D eigenvalue weighted by atomic mass is 10.1. The average molecular weight is 258 g/mol. The molecule has 0 unspecified atom stereocenters. The number of ether oxygens (including phenoxy) is 1. The van der Waals surface area contributed by atoms with Crippen LogP contribution in [0.5, 0.6) is 0 Å². The molecule has 5 heteroatoms. The van der Waals surface area contributed by atoms with E-state index in [4.69, 9.17) is 4.74 Å². The molecule has 0 aromatic heterocycles. The highest BCUT2D eigenvalue weighted by atomic mass is 19.1. The molecule has 0 radical (unpaired) electrons. The fraction of sp³-hybridized carbons (Fsp3) is 0.308. The molecule has 0 aliphatic heterocycles. The van der Waals surface area contributed by atoms with Gasteiger partial charge in [0, 0.05) is 23.8 Å². The minimum Gasteiger partial charge on any atom is -0.457 e. The summed E-state index contributed by atoms with van der Waals surface area (Å²) in [4.78, 5) is 11.3. The molecule has 0 atom stereocenters. The molecule has 0 fully saturated rings. The van der Waals surface area contributed by atoms with Gasteiger partial charge in [0.25, 0.3) is 0 Å². The van der Waals surface area contributed by atoms with E-state index in [2.05, 4.69) is 0 Å². The molecule has 1 aromatic carbocycles. The van der Waals surface area contributed by atoms with Crippen LogP contribution >= 0.6 is 0 Å². The third-order valence-electron chi connectivity index (χ3n) is 1.84. The van der Waals surface area contributed by atoms with Crippen molar-refractivity contribution >= 4 is 12.0 Å². The van der Waals surface area contributed by atoms with E-state index in [1.807, 2.05) is 0 Å². The summed E-state index contributed by atoms with van der Waals surface area (Å²) in [6.07, 6.45) is 1.81. The quantitative estimate of drug-likeness (QED) is 0.600. The smallest absolute Gasteiger partial charge is 0.331 e. The maximum Gasteiger partial charge on any atom is 0.331 e. The molecule has 0 aliphatic rings. The van der Waals surface area contributed by atoms with Gasteiger partial charge in [-0.25, -0.2) is 18.0 Å². The van der Waals surface area contributed by atoms with E-state index in [0.717, 1.165) is 12.2 Å². The summed E-state index contributed by atoms with van der Waals surface area (Å²) in [6, 6.07) is 1.08. The molecule has 0 saturated carbocycles. The first-order valence-electron chi connectivity index (χ1n) is 5.24. The summed E-state index contributed by atoms with van der Waals surface area (Å²) >= 11 is 0. The van der Waals surface area contributed by atoms with E-state index < -0.39 is 34.6 Å². The van der Waals surface area contributed by atoms with Crippen molar-refractivity contribution in [2.75, 3.05) is 0 Å². The van der Waals surface area contributed by atoms with Crippen LogP contribution in [0.4, 0.5) is 13.2 Å². The molecule has 0 amide bonds. The van der Waals surface area contributed by atoms with E-state index >= 15 is 0 Å². The second-order valence-corrected chi connectivity index (χ2v) is 4.65. The number of hydrogen-bond acceptors (Lipinski definition) is 2. The zero-order valence-corrected chi connectivity index (χ0v) is 10.3. The number of halogens is 3. The Morgan fingerprint density at radius 2 is 1.67 bits per heavy atom. The van der Waals surface area contributed by atoms with Crippen LogP contribution in [0, 0.1) is 17.5 Å². The van der Waals surface area contributed by atoms with Gasteiger partial charge in [0.2, 0.25) is 0 Å². The molecule has 0 N–H and O–H groups in total. The molecule has 0 spiro atoms. The van der Waals surface area contributed by atoms with Gasteiger partial charge in [-0.3, -0.25) is 0 Å². The number of esters is 1. The lowest BCUT2D eigenvalue weighted by molar-refractivity contribution is -0.148. The fourth-order valence-electron chi connectivity index (χ4n) is 1.20. The summed E-state index contributed by atoms with van der Waals surface area (Å²) in [7, 11) is 0. The van der Waals surface area contributed by atoms with Crippen LogP contribution in [0.3, 0.4) is 0 Å². The fourth-order valence-corrected chi connectivity index (χ4v) is 1.20. The van der Waals surface area contributed by atoms with Gasteiger partial charge in [-0.15, -0.1) is 0 Å². The first kappa shape index (κ1) is 14.3. The Labute approximate surface area is 103 Å². The summed E-state index contributed by atoms with van der Waals surface area (Å²) < 4.78 is 44.0. The van der Waals surface area contributed by atoms with Crippen molar-refractivity contribution in [3.63, 3.8) is 0 Å². The zero-order valence-electron chi connectivity index (χ0n) is 10.3. The van der Waals surface area contributed by atoms with Crippen molar-refractivity contribution < 1.29 is 22.7 Å². The normalized spacial score (nSPS) is 11.9. The van der Waals surface area contributed by atoms with Crippen LogP contribution in [0.1, 0.15) is 26.3 Å². The molecule has 2 nitrogen and oxygen atoms in total. The van der Waals surface area contributed by atoms with E-state index in [1.54, 1.807) is 20.8 Å². The summed E-state index contributed by atoms with van der Waals surface area (Å²) in [5.41, 5.74) is -1.18. The molecular formula is C13H13F3O2. The van der Waals surface area contributed by atoms with Crippen molar-refractivity contribution in [2.24, 2.45) is 0 Å². The number of carbonyl (C=O) groups is 1. The summed E-state index contributed by atoms with van der Waals surface area (Å²) in [5, 5.41) is 0. The van der Waals surface area contributed by atoms with Crippen molar-refractivity contribution in [1.82, 2.24) is 0 Å². The Morgan fingerprint density at radius 1 is 1.17 bits per heavy atom. The van der Waals surface area contributed by atoms with E-state index in [-0.39, 0.29) is 0 Å². The highest BCUT2D eigenvalue weighted by Gasteiger charge is 2.15. The molecule has 1 rings (SSSR count). The lowest BCUT2D eigenvalue weighted by Gasteiger charge is -2.17. The van der Waals surface area contributed by atoms with Gasteiger partial charge in [0.1, 0.15) is 23.1 Å². The summed E-state index contributed by atoms with van der Waals surface area (Å²) in [5.74, 6) is -3.90. The van der Waals surface area contributed by atoms with Crippen LogP contribution < -0.4 is 0 Å². The van der Waals surface area contributed by atoms with Crippen molar-refractivity contribution in [2.45, 2.75) is 26.4 Å². The standard InChI is InChI=1S/C13H13F3O2/c1-13(2,3)18-12(17)5-4-9-10(15)6-8(14)7-11(9)16/h4-7H,1-3H3/b5-4+. The van der Waals surface area contributed by atoms with Crippen molar-refractivity contribution in [3.05, 3.63) is 41.2 Å². The van der Waals surface area contributed by atoms with Gasteiger partial charge in [-0.05, 0) is 26.8 Å². The molecule has 0 heterocycles. The van der Waals surface area contributed by atoms with Crippen LogP contribution in [0.25, 0.3) is 6.08 Å². The van der Waals surface area contributed by atoms with E-state index in [9.17, 15) is 18.0 Å². The Balaban J connectivity index is 2.89. The number of hydrogen-bond donors (Lipinski definition) is 0. The Morgan fingerprint density at radius 3 is 2.11 bits per heavy atom. The number of benzene rings is 1. The Kier molecular flexibility index (Phi) is 4.16. The third kappa shape index (κ3) is 4.24. The van der Waals surface area contributed by atoms with Crippen LogP contribution in [-0.2, 0) is 9.53 Å². The Bertz CT molecular complexity index is 464. The van der Waals surface area contributed by atoms with Gasteiger partial charge in [0.05, 0.1) is 0 Å². The van der Waals surface area contributed by atoms with Crippen molar-refractivity contribution in [3.8, 4) is 0 Å². The van der Waals surface area contributed by atoms with E-state index in [0.29, 0.717) is 12.1 Å². The van der Waals surface area contributed by atoms with Gasteiger partial charge in [-0.2, -0.15) is 0 Å². The maximum absolute atomic E-state index is 13.2. The van der Waals surface area contributed by atoms with Gasteiger partial charge in [-0.1, -0.05) is 0 Å². The minimum absolute atomic E-state index is 0.484. The monoisotopic (exact) mass is 258 g/mol. The second-order valence-electron chi connectivity index (χ2n) is 4.65. The molecular weight excluding hydrogens is 245 g/mol. The maximum atomic E-state index is 13.2. The number of carbonyl (C=O) groups excluding carboxylic acids is 1. The highest BCUT2D eigenvalue weighted by molar-refractivity contribution is 5.87. The first-order chi connectivity index (χ1) is 8.19. The predicted octanol–water partition coefficient (Wildman–Crippen LogP) is 3.46. The van der Waals surface area contributed by atoms with E-state index in [1.165, 1.54) is 0 Å². The highest BCUT2D eigenvalue weighted by Crippen LogP contribution is 2.16. The first-order valence-corrected chi connectivity index (χ1v) is 5.24. The molecule has 18 heavy (non-hydrogen) atoms. The minimum atomic E-state index is -1.08. The van der Waals surface area contributed by atoms with Gasteiger partial charge < -0.3 is 4.74 Å². The van der Waals surface area contributed by atoms with Crippen molar-refractivity contribution in [1.29, 1.82) is 0 Å². The lowest BCUT2D eigenvalue weighted by Crippen LogP contribution is -2.22. The molecule has 98 valence electrons. The zero-order chi connectivity index (χ0) is 13.9. The van der Waals surface area contributed by atoms with Gasteiger partial charge >= 0.3 is 5.97 Å². The SMILES string of the molecule is CC(C)(C)OC(=O)/C=C/c1c(F)cc(F)cc1F. The molecule has 0 saturated heterocycles. The molecule has 1 aromatic rings. The second kappa shape index (κ2) is 5.25. The largest absolute Gasteiger partial charge is 0.457 e. The molecule has 0 bridgehead atoms. The van der Waals surface area contributed by atoms with Gasteiger partial charge in [0.15, 0.2) is 0 Å². The third-order valence-corrected chi connectivity index (χ3v) is 1.84. The summed E-state index contributed by atoms with van der Waals surface area (Å²) in [6.45, 7) is 4.99. The predicted molar refractivity (Wildman–Crippen MR) is 61.2 cm³/mol. The van der Waals surface area contributed by atoms with Crippen LogP contribution in [0.2, 0.25) is 0 Å². The Hall–Kier alpha value is -1.78.